The lowest BCUT2D eigenvalue weighted by Gasteiger charge is -2.26. The van der Waals surface area contributed by atoms with Gasteiger partial charge in [0.05, 0.1) is 52.1 Å². The number of pyridine rings is 1. The number of carbonyl (C=O) groups is 1. The summed E-state index contributed by atoms with van der Waals surface area (Å²) in [7, 11) is 0. The number of nitriles is 1. The number of aromatic nitrogens is 3. The molecule has 1 fully saturated rings. The maximum atomic E-state index is 14.1. The highest BCUT2D eigenvalue weighted by molar-refractivity contribution is 6.00. The summed E-state index contributed by atoms with van der Waals surface area (Å²) in [5.74, 6) is 0.0944. The Bertz CT molecular complexity index is 1210. The maximum absolute atomic E-state index is 14.1. The highest BCUT2D eigenvalue weighted by atomic mass is 19.1. The third-order valence-electron chi connectivity index (χ3n) is 6.05. The minimum absolute atomic E-state index is 0.305. The van der Waals surface area contributed by atoms with Crippen molar-refractivity contribution in [3.63, 3.8) is 0 Å². The zero-order chi connectivity index (χ0) is 23.6. The van der Waals surface area contributed by atoms with Gasteiger partial charge in [-0.3, -0.25) is 9.78 Å². The molecule has 3 aromatic rings. The van der Waals surface area contributed by atoms with E-state index < -0.39 is 17.7 Å². The Morgan fingerprint density at radius 3 is 2.82 bits per heavy atom. The number of nitrogens with one attached hydrogen (secondary N) is 2. The van der Waals surface area contributed by atoms with Crippen molar-refractivity contribution in [3.8, 4) is 17.5 Å². The standard InChI is InChI=1S/C24H27FN6O2/c1-24(2,33)22(25)14-29-23(32)18-13-28-20(9-19(18)27-11-15-4-3-5-15)21-7-6-17-8-16(10-26)12-30-31(17)21/h6-9,12-13,15,22,33H,3-5,11,14H2,1-2H3,(H,27,28)(H,29,32). The summed E-state index contributed by atoms with van der Waals surface area (Å²) in [5.41, 5.74) is 1.92. The lowest BCUT2D eigenvalue weighted by molar-refractivity contribution is -0.00177. The van der Waals surface area contributed by atoms with Gasteiger partial charge in [-0.15, -0.1) is 0 Å². The monoisotopic (exact) mass is 450 g/mol. The molecule has 1 unspecified atom stereocenters. The molecule has 3 aromatic heterocycles. The van der Waals surface area contributed by atoms with Crippen LogP contribution in [0.2, 0.25) is 0 Å². The smallest absolute Gasteiger partial charge is 0.255 e. The fraction of sp³-hybridized carbons (Fsp3) is 0.417. The Kier molecular flexibility index (Phi) is 6.29. The fourth-order valence-corrected chi connectivity index (χ4v) is 3.66. The first-order valence-corrected chi connectivity index (χ1v) is 11.0. The molecule has 3 heterocycles. The first-order chi connectivity index (χ1) is 15.8. The highest BCUT2D eigenvalue weighted by Gasteiger charge is 2.27. The number of fused-ring (bicyclic) bond motifs is 1. The molecule has 8 nitrogen and oxygen atoms in total. The average molecular weight is 451 g/mol. The van der Waals surface area contributed by atoms with Crippen molar-refractivity contribution in [2.75, 3.05) is 18.4 Å². The number of amides is 1. The molecule has 0 saturated heterocycles. The topological polar surface area (TPSA) is 115 Å². The van der Waals surface area contributed by atoms with Crippen LogP contribution in [0.25, 0.3) is 16.9 Å². The molecule has 0 aliphatic heterocycles. The van der Waals surface area contributed by atoms with Gasteiger partial charge in [0.1, 0.15) is 12.2 Å². The second-order valence-electron chi connectivity index (χ2n) is 9.04. The number of alkyl halides is 1. The molecule has 172 valence electrons. The van der Waals surface area contributed by atoms with Crippen LogP contribution in [0.15, 0.2) is 36.7 Å². The van der Waals surface area contributed by atoms with Crippen molar-refractivity contribution in [2.45, 2.75) is 44.9 Å². The van der Waals surface area contributed by atoms with Gasteiger partial charge in [0.25, 0.3) is 5.91 Å². The number of anilines is 1. The first kappa shape index (κ1) is 22.7. The molecule has 1 amide bonds. The molecule has 9 heteroatoms. The second-order valence-corrected chi connectivity index (χ2v) is 9.04. The molecule has 0 spiro atoms. The van der Waals surface area contributed by atoms with Crippen molar-refractivity contribution >= 4 is 17.1 Å². The van der Waals surface area contributed by atoms with Crippen LogP contribution in [0.5, 0.6) is 0 Å². The van der Waals surface area contributed by atoms with Gasteiger partial charge in [0.15, 0.2) is 0 Å². The number of nitrogens with zero attached hydrogens (tertiary/aromatic N) is 4. The second kappa shape index (κ2) is 9.16. The van der Waals surface area contributed by atoms with E-state index in [1.54, 1.807) is 16.6 Å². The van der Waals surface area contributed by atoms with Gasteiger partial charge in [-0.05, 0) is 56.9 Å². The Morgan fingerprint density at radius 2 is 2.15 bits per heavy atom. The first-order valence-electron chi connectivity index (χ1n) is 11.0. The SMILES string of the molecule is CC(C)(O)C(F)CNC(=O)c1cnc(-c2ccc3cc(C#N)cnn23)cc1NCC1CCC1. The predicted molar refractivity (Wildman–Crippen MR) is 122 cm³/mol. The van der Waals surface area contributed by atoms with E-state index >= 15 is 0 Å². The third-order valence-corrected chi connectivity index (χ3v) is 6.05. The fourth-order valence-electron chi connectivity index (χ4n) is 3.66. The molecular weight excluding hydrogens is 423 g/mol. The molecule has 33 heavy (non-hydrogen) atoms. The minimum atomic E-state index is -1.60. The van der Waals surface area contributed by atoms with Gasteiger partial charge in [0.2, 0.25) is 0 Å². The predicted octanol–water partition coefficient (Wildman–Crippen LogP) is 3.32. The number of hydrogen-bond acceptors (Lipinski definition) is 6. The number of aliphatic hydroxyl groups is 1. The summed E-state index contributed by atoms with van der Waals surface area (Å²) < 4.78 is 15.8. The van der Waals surface area contributed by atoms with Gasteiger partial charge < -0.3 is 15.7 Å². The minimum Gasteiger partial charge on any atom is -0.387 e. The summed E-state index contributed by atoms with van der Waals surface area (Å²) in [4.78, 5) is 17.3. The molecule has 1 atom stereocenters. The van der Waals surface area contributed by atoms with Gasteiger partial charge in [-0.1, -0.05) is 6.42 Å². The molecule has 1 aliphatic carbocycles. The molecule has 1 aliphatic rings. The zero-order valence-corrected chi connectivity index (χ0v) is 18.7. The number of halogens is 1. The van der Waals surface area contributed by atoms with E-state index in [9.17, 15) is 14.3 Å². The molecular formula is C24H27FN6O2. The van der Waals surface area contributed by atoms with Crippen molar-refractivity contribution in [2.24, 2.45) is 5.92 Å². The molecule has 0 bridgehead atoms. The van der Waals surface area contributed by atoms with Crippen LogP contribution in [-0.2, 0) is 0 Å². The van der Waals surface area contributed by atoms with Crippen molar-refractivity contribution < 1.29 is 14.3 Å². The van der Waals surface area contributed by atoms with Crippen LogP contribution in [0.3, 0.4) is 0 Å². The van der Waals surface area contributed by atoms with E-state index in [4.69, 9.17) is 5.26 Å². The summed E-state index contributed by atoms with van der Waals surface area (Å²) in [6, 6.07) is 9.32. The summed E-state index contributed by atoms with van der Waals surface area (Å²) in [6.07, 6.45) is 4.86. The largest absolute Gasteiger partial charge is 0.387 e. The van der Waals surface area contributed by atoms with Crippen molar-refractivity contribution in [3.05, 3.63) is 47.8 Å². The van der Waals surface area contributed by atoms with E-state index in [1.165, 1.54) is 32.7 Å². The van der Waals surface area contributed by atoms with E-state index in [-0.39, 0.29) is 6.54 Å². The number of rotatable bonds is 8. The van der Waals surface area contributed by atoms with Crippen molar-refractivity contribution in [1.82, 2.24) is 19.9 Å². The summed E-state index contributed by atoms with van der Waals surface area (Å²) in [6.45, 7) is 3.15. The zero-order valence-electron chi connectivity index (χ0n) is 18.7. The van der Waals surface area contributed by atoms with Crippen LogP contribution in [-0.4, -0.2) is 50.5 Å². The lowest BCUT2D eigenvalue weighted by atomic mass is 9.85. The Balaban J connectivity index is 1.62. The number of carbonyl (C=O) groups excluding carboxylic acids is 1. The van der Waals surface area contributed by atoms with E-state index in [0.717, 1.165) is 30.6 Å². The van der Waals surface area contributed by atoms with Gasteiger partial charge in [-0.2, -0.15) is 10.4 Å². The van der Waals surface area contributed by atoms with Gasteiger partial charge >= 0.3 is 0 Å². The van der Waals surface area contributed by atoms with Crippen LogP contribution in [0, 0.1) is 17.2 Å². The molecule has 3 N–H and O–H groups in total. The third kappa shape index (κ3) is 4.96. The van der Waals surface area contributed by atoms with Gasteiger partial charge in [0, 0.05) is 12.7 Å². The lowest BCUT2D eigenvalue weighted by Crippen LogP contribution is -2.42. The molecule has 0 radical (unpaired) electrons. The number of hydrogen-bond donors (Lipinski definition) is 3. The highest BCUT2D eigenvalue weighted by Crippen LogP contribution is 2.29. The quantitative estimate of drug-likeness (QED) is 0.485. The van der Waals surface area contributed by atoms with E-state index in [1.807, 2.05) is 12.1 Å². The molecule has 4 rings (SSSR count). The summed E-state index contributed by atoms with van der Waals surface area (Å²) in [5, 5.41) is 29.1. The Morgan fingerprint density at radius 1 is 1.36 bits per heavy atom. The van der Waals surface area contributed by atoms with E-state index in [2.05, 4.69) is 26.8 Å². The Labute approximate surface area is 191 Å². The van der Waals surface area contributed by atoms with E-state index in [0.29, 0.717) is 28.4 Å². The molecule has 0 aromatic carbocycles. The Hall–Kier alpha value is -3.51. The van der Waals surface area contributed by atoms with Crippen LogP contribution >= 0.6 is 0 Å². The maximum Gasteiger partial charge on any atom is 0.255 e. The van der Waals surface area contributed by atoms with Crippen LogP contribution < -0.4 is 10.6 Å². The van der Waals surface area contributed by atoms with Gasteiger partial charge in [-0.25, -0.2) is 8.91 Å². The van der Waals surface area contributed by atoms with Crippen LogP contribution in [0.1, 0.15) is 49.0 Å². The van der Waals surface area contributed by atoms with Crippen LogP contribution in [0.4, 0.5) is 10.1 Å². The molecule has 1 saturated carbocycles. The average Bonchev–Trinajstić information content (AvgIpc) is 3.18. The van der Waals surface area contributed by atoms with Crippen molar-refractivity contribution in [1.29, 1.82) is 5.26 Å². The summed E-state index contributed by atoms with van der Waals surface area (Å²) >= 11 is 0. The normalized spacial score (nSPS) is 15.0.